The van der Waals surface area contributed by atoms with Crippen LogP contribution < -0.4 is 14.8 Å². The van der Waals surface area contributed by atoms with Gasteiger partial charge in [0.25, 0.3) is 5.91 Å². The number of hydrogen-bond acceptors (Lipinski definition) is 7. The Bertz CT molecular complexity index is 854. The van der Waals surface area contributed by atoms with Crippen LogP contribution in [-0.2, 0) is 9.47 Å². The molecule has 2 atom stereocenters. The minimum atomic E-state index is -0.584. The third-order valence-corrected chi connectivity index (χ3v) is 6.07. The van der Waals surface area contributed by atoms with E-state index in [1.165, 1.54) is 0 Å². The van der Waals surface area contributed by atoms with Crippen LogP contribution in [0.1, 0.15) is 57.8 Å². The Morgan fingerprint density at radius 2 is 1.89 bits per heavy atom. The van der Waals surface area contributed by atoms with E-state index in [1.54, 1.807) is 37.3 Å². The van der Waals surface area contributed by atoms with E-state index in [2.05, 4.69) is 5.32 Å². The van der Waals surface area contributed by atoms with E-state index >= 15 is 0 Å². The summed E-state index contributed by atoms with van der Waals surface area (Å²) in [6, 6.07) is 5.04. The van der Waals surface area contributed by atoms with Gasteiger partial charge in [-0.15, -0.1) is 0 Å². The molecule has 1 aromatic carbocycles. The molecule has 0 aromatic heterocycles. The van der Waals surface area contributed by atoms with Crippen LogP contribution >= 0.6 is 0 Å². The molecule has 204 valence electrons. The highest BCUT2D eigenvalue weighted by atomic mass is 16.6. The first-order valence-corrected chi connectivity index (χ1v) is 12.8. The van der Waals surface area contributed by atoms with E-state index in [1.807, 2.05) is 46.6 Å². The Labute approximate surface area is 216 Å². The predicted molar refractivity (Wildman–Crippen MR) is 140 cm³/mol. The number of hydrogen-bond donors (Lipinski definition) is 1. The zero-order valence-corrected chi connectivity index (χ0v) is 23.3. The van der Waals surface area contributed by atoms with E-state index in [0.29, 0.717) is 49.3 Å². The standard InChI is InChI=1S/C27H45N3O6/c1-19(2)29(18-22-14-20(16-28-6)17-30(22)26(32)36-27(3,4)5)25(31)21-10-11-23(34-8)24(15-21)35-13-9-12-33-7/h10-11,15,19-20,22,28H,9,12-14,16-18H2,1-8H3. The molecule has 1 N–H and O–H groups in total. The van der Waals surface area contributed by atoms with Crippen LogP contribution in [0.2, 0.25) is 0 Å². The van der Waals surface area contributed by atoms with E-state index in [4.69, 9.17) is 18.9 Å². The predicted octanol–water partition coefficient (Wildman–Crippen LogP) is 3.81. The summed E-state index contributed by atoms with van der Waals surface area (Å²) in [5.41, 5.74) is -0.0706. The summed E-state index contributed by atoms with van der Waals surface area (Å²) >= 11 is 0. The second-order valence-corrected chi connectivity index (χ2v) is 10.6. The van der Waals surface area contributed by atoms with Gasteiger partial charge in [0, 0.05) is 44.8 Å². The lowest BCUT2D eigenvalue weighted by molar-refractivity contribution is 0.0177. The molecule has 0 radical (unpaired) electrons. The number of ether oxygens (including phenoxy) is 4. The maximum absolute atomic E-state index is 13.7. The van der Waals surface area contributed by atoms with Gasteiger partial charge >= 0.3 is 6.09 Å². The van der Waals surface area contributed by atoms with Gasteiger partial charge in [-0.3, -0.25) is 4.79 Å². The molecule has 1 aliphatic heterocycles. The molecule has 1 fully saturated rings. The van der Waals surface area contributed by atoms with Crippen LogP contribution in [0.5, 0.6) is 11.5 Å². The van der Waals surface area contributed by atoms with Crippen LogP contribution in [0.3, 0.4) is 0 Å². The van der Waals surface area contributed by atoms with Crippen molar-refractivity contribution in [3.8, 4) is 11.5 Å². The Balaban J connectivity index is 2.24. The summed E-state index contributed by atoms with van der Waals surface area (Å²) < 4.78 is 22.1. The van der Waals surface area contributed by atoms with Gasteiger partial charge in [-0.25, -0.2) is 4.79 Å². The number of likely N-dealkylation sites (tertiary alicyclic amines) is 1. The number of methoxy groups -OCH3 is 2. The minimum absolute atomic E-state index is 0.0606. The van der Waals surface area contributed by atoms with Gasteiger partial charge in [0.05, 0.1) is 19.8 Å². The molecule has 2 amide bonds. The van der Waals surface area contributed by atoms with E-state index in [-0.39, 0.29) is 24.1 Å². The van der Waals surface area contributed by atoms with Crippen molar-refractivity contribution in [3.05, 3.63) is 23.8 Å². The number of nitrogens with zero attached hydrogens (tertiary/aromatic N) is 2. The highest BCUT2D eigenvalue weighted by molar-refractivity contribution is 5.95. The van der Waals surface area contributed by atoms with Crippen molar-refractivity contribution in [1.82, 2.24) is 15.1 Å². The van der Waals surface area contributed by atoms with Gasteiger partial charge in [-0.2, -0.15) is 0 Å². The maximum atomic E-state index is 13.7. The molecule has 1 aliphatic rings. The fourth-order valence-electron chi connectivity index (χ4n) is 4.40. The van der Waals surface area contributed by atoms with Crippen molar-refractivity contribution < 1.29 is 28.5 Å². The molecule has 9 heteroatoms. The second kappa shape index (κ2) is 13.7. The van der Waals surface area contributed by atoms with Crippen LogP contribution in [0, 0.1) is 5.92 Å². The number of rotatable bonds is 12. The third kappa shape index (κ3) is 8.55. The number of amides is 2. The summed E-state index contributed by atoms with van der Waals surface area (Å²) in [6.45, 7) is 12.4. The van der Waals surface area contributed by atoms with Crippen LogP contribution in [0.4, 0.5) is 4.79 Å². The Morgan fingerprint density at radius 1 is 1.17 bits per heavy atom. The molecule has 0 spiro atoms. The molecule has 0 bridgehead atoms. The normalized spacial score (nSPS) is 17.9. The maximum Gasteiger partial charge on any atom is 0.410 e. The number of carbonyl (C=O) groups excluding carboxylic acids is 2. The molecule has 2 rings (SSSR count). The van der Waals surface area contributed by atoms with Crippen molar-refractivity contribution in [1.29, 1.82) is 0 Å². The summed E-state index contributed by atoms with van der Waals surface area (Å²) in [5, 5.41) is 3.21. The first-order valence-electron chi connectivity index (χ1n) is 12.8. The fraction of sp³-hybridized carbons (Fsp3) is 0.704. The van der Waals surface area contributed by atoms with Crippen molar-refractivity contribution in [2.45, 2.75) is 65.1 Å². The molecular formula is C27H45N3O6. The molecule has 36 heavy (non-hydrogen) atoms. The zero-order valence-electron chi connectivity index (χ0n) is 23.3. The molecule has 1 aromatic rings. The Kier molecular flexibility index (Phi) is 11.3. The number of benzene rings is 1. The van der Waals surface area contributed by atoms with Crippen LogP contribution in [0.25, 0.3) is 0 Å². The third-order valence-electron chi connectivity index (χ3n) is 6.07. The average molecular weight is 508 g/mol. The monoisotopic (exact) mass is 507 g/mol. The van der Waals surface area contributed by atoms with Crippen molar-refractivity contribution in [3.63, 3.8) is 0 Å². The highest BCUT2D eigenvalue weighted by Gasteiger charge is 2.39. The number of nitrogens with one attached hydrogen (secondary N) is 1. The largest absolute Gasteiger partial charge is 0.493 e. The van der Waals surface area contributed by atoms with Crippen molar-refractivity contribution in [2.75, 3.05) is 54.1 Å². The zero-order chi connectivity index (χ0) is 26.9. The van der Waals surface area contributed by atoms with Gasteiger partial charge in [-0.1, -0.05) is 0 Å². The Hall–Kier alpha value is -2.52. The average Bonchev–Trinajstić information content (AvgIpc) is 3.21. The summed E-state index contributed by atoms with van der Waals surface area (Å²) in [4.78, 5) is 30.3. The van der Waals surface area contributed by atoms with E-state index in [9.17, 15) is 9.59 Å². The summed E-state index contributed by atoms with van der Waals surface area (Å²) in [7, 11) is 5.13. The minimum Gasteiger partial charge on any atom is -0.493 e. The molecule has 0 aliphatic carbocycles. The fourth-order valence-corrected chi connectivity index (χ4v) is 4.40. The molecule has 9 nitrogen and oxygen atoms in total. The lowest BCUT2D eigenvalue weighted by Gasteiger charge is -2.34. The first-order chi connectivity index (χ1) is 17.0. The Morgan fingerprint density at radius 3 is 2.47 bits per heavy atom. The van der Waals surface area contributed by atoms with Gasteiger partial charge < -0.3 is 34.1 Å². The molecule has 1 heterocycles. The highest BCUT2D eigenvalue weighted by Crippen LogP contribution is 2.30. The van der Waals surface area contributed by atoms with E-state index < -0.39 is 5.60 Å². The smallest absolute Gasteiger partial charge is 0.410 e. The van der Waals surface area contributed by atoms with Crippen LogP contribution in [0.15, 0.2) is 18.2 Å². The SMILES string of the molecule is CNCC1CC(CN(C(=O)c2ccc(OC)c(OCCCOC)c2)C(C)C)N(C(=O)OC(C)(C)C)C1. The van der Waals surface area contributed by atoms with Gasteiger partial charge in [0.2, 0.25) is 0 Å². The van der Waals surface area contributed by atoms with Gasteiger partial charge in [-0.05, 0) is 78.7 Å². The topological polar surface area (TPSA) is 89.6 Å². The van der Waals surface area contributed by atoms with Crippen molar-refractivity contribution in [2.24, 2.45) is 5.92 Å². The molecular weight excluding hydrogens is 462 g/mol. The van der Waals surface area contributed by atoms with Gasteiger partial charge in [0.1, 0.15) is 5.60 Å². The molecule has 0 saturated carbocycles. The van der Waals surface area contributed by atoms with Gasteiger partial charge in [0.15, 0.2) is 11.5 Å². The second-order valence-electron chi connectivity index (χ2n) is 10.6. The lowest BCUT2D eigenvalue weighted by atomic mass is 10.0. The molecule has 2 unspecified atom stereocenters. The number of carbonyl (C=O) groups is 2. The van der Waals surface area contributed by atoms with E-state index in [0.717, 1.165) is 19.4 Å². The summed E-state index contributed by atoms with van der Waals surface area (Å²) in [5.74, 6) is 1.27. The van der Waals surface area contributed by atoms with Crippen molar-refractivity contribution >= 4 is 12.0 Å². The quantitative estimate of drug-likeness (QED) is 0.430. The lowest BCUT2D eigenvalue weighted by Crippen LogP contribution is -2.48. The van der Waals surface area contributed by atoms with Crippen LogP contribution in [-0.4, -0.2) is 93.6 Å². The molecule has 1 saturated heterocycles. The summed E-state index contributed by atoms with van der Waals surface area (Å²) in [6.07, 6.45) is 1.19. The first kappa shape index (κ1) is 29.7.